The number of hydrogen-bond donors (Lipinski definition) is 1. The van der Waals surface area contributed by atoms with Crippen molar-refractivity contribution < 1.29 is 9.47 Å². The molecule has 0 aliphatic carbocycles. The van der Waals surface area contributed by atoms with Gasteiger partial charge in [0.05, 0.1) is 14.2 Å². The summed E-state index contributed by atoms with van der Waals surface area (Å²) < 4.78 is 10.7. The SMILES string of the molecule is COc1ccc(CCNc2cc(C)nc(N(C)Cc3ccccc3)n2)cc1OC. The van der Waals surface area contributed by atoms with E-state index in [2.05, 4.69) is 32.3 Å². The molecule has 0 radical (unpaired) electrons. The van der Waals surface area contributed by atoms with Crippen LogP contribution in [0.1, 0.15) is 16.8 Å². The summed E-state index contributed by atoms with van der Waals surface area (Å²) in [5.41, 5.74) is 3.33. The molecule has 6 heteroatoms. The largest absolute Gasteiger partial charge is 0.493 e. The van der Waals surface area contributed by atoms with Gasteiger partial charge in [-0.3, -0.25) is 0 Å². The maximum Gasteiger partial charge on any atom is 0.227 e. The summed E-state index contributed by atoms with van der Waals surface area (Å²) >= 11 is 0. The first kappa shape index (κ1) is 20.5. The second-order valence-corrected chi connectivity index (χ2v) is 6.90. The molecule has 0 amide bonds. The Bertz CT molecular complexity index is 931. The number of benzene rings is 2. The monoisotopic (exact) mass is 392 g/mol. The minimum Gasteiger partial charge on any atom is -0.493 e. The van der Waals surface area contributed by atoms with Crippen LogP contribution in [0.5, 0.6) is 11.5 Å². The zero-order chi connectivity index (χ0) is 20.6. The summed E-state index contributed by atoms with van der Waals surface area (Å²) in [4.78, 5) is 11.3. The Morgan fingerprint density at radius 3 is 2.38 bits per heavy atom. The van der Waals surface area contributed by atoms with Gasteiger partial charge in [0.25, 0.3) is 0 Å². The predicted octanol–water partition coefficient (Wildman–Crippen LogP) is 4.09. The van der Waals surface area contributed by atoms with Crippen LogP contribution < -0.4 is 19.7 Å². The maximum atomic E-state index is 5.38. The van der Waals surface area contributed by atoms with E-state index in [1.165, 1.54) is 11.1 Å². The van der Waals surface area contributed by atoms with E-state index >= 15 is 0 Å². The lowest BCUT2D eigenvalue weighted by Gasteiger charge is -2.18. The van der Waals surface area contributed by atoms with Gasteiger partial charge in [-0.15, -0.1) is 0 Å². The molecule has 1 aromatic heterocycles. The van der Waals surface area contributed by atoms with E-state index in [9.17, 15) is 0 Å². The van der Waals surface area contributed by atoms with Crippen molar-refractivity contribution in [3.8, 4) is 11.5 Å². The number of anilines is 2. The van der Waals surface area contributed by atoms with Crippen molar-refractivity contribution in [1.82, 2.24) is 9.97 Å². The molecule has 0 atom stereocenters. The molecule has 1 heterocycles. The third-order valence-corrected chi connectivity index (χ3v) is 4.61. The van der Waals surface area contributed by atoms with Crippen LogP contribution in [0.2, 0.25) is 0 Å². The first-order chi connectivity index (χ1) is 14.1. The number of ether oxygens (including phenoxy) is 2. The van der Waals surface area contributed by atoms with Crippen molar-refractivity contribution in [2.45, 2.75) is 19.9 Å². The number of nitrogens with one attached hydrogen (secondary N) is 1. The van der Waals surface area contributed by atoms with Crippen LogP contribution in [-0.4, -0.2) is 37.8 Å². The van der Waals surface area contributed by atoms with Gasteiger partial charge in [0.1, 0.15) is 5.82 Å². The third kappa shape index (κ3) is 5.60. The van der Waals surface area contributed by atoms with Gasteiger partial charge in [0.2, 0.25) is 5.95 Å². The first-order valence-corrected chi connectivity index (χ1v) is 9.64. The minimum absolute atomic E-state index is 0.711. The van der Waals surface area contributed by atoms with Gasteiger partial charge >= 0.3 is 0 Å². The van der Waals surface area contributed by atoms with Crippen molar-refractivity contribution in [2.75, 3.05) is 38.0 Å². The fourth-order valence-electron chi connectivity index (χ4n) is 3.11. The van der Waals surface area contributed by atoms with E-state index in [1.807, 2.05) is 56.4 Å². The molecule has 152 valence electrons. The smallest absolute Gasteiger partial charge is 0.227 e. The summed E-state index contributed by atoms with van der Waals surface area (Å²) in [5, 5.41) is 3.41. The molecule has 29 heavy (non-hydrogen) atoms. The number of methoxy groups -OCH3 is 2. The maximum absolute atomic E-state index is 5.38. The van der Waals surface area contributed by atoms with Crippen molar-refractivity contribution >= 4 is 11.8 Å². The molecular weight excluding hydrogens is 364 g/mol. The highest BCUT2D eigenvalue weighted by molar-refractivity contribution is 5.45. The molecule has 6 nitrogen and oxygen atoms in total. The van der Waals surface area contributed by atoms with Crippen LogP contribution >= 0.6 is 0 Å². The second-order valence-electron chi connectivity index (χ2n) is 6.90. The van der Waals surface area contributed by atoms with E-state index in [0.717, 1.165) is 42.5 Å². The molecule has 3 rings (SSSR count). The van der Waals surface area contributed by atoms with Gasteiger partial charge in [-0.25, -0.2) is 4.98 Å². The Labute approximate surface area is 172 Å². The van der Waals surface area contributed by atoms with E-state index in [4.69, 9.17) is 9.47 Å². The Kier molecular flexibility index (Phi) is 6.89. The lowest BCUT2D eigenvalue weighted by atomic mass is 10.1. The average molecular weight is 393 g/mol. The molecule has 0 saturated heterocycles. The molecule has 0 saturated carbocycles. The molecule has 1 N–H and O–H groups in total. The van der Waals surface area contributed by atoms with E-state index in [1.54, 1.807) is 14.2 Å². The molecule has 0 fully saturated rings. The zero-order valence-corrected chi connectivity index (χ0v) is 17.5. The number of nitrogens with zero attached hydrogens (tertiary/aromatic N) is 3. The molecule has 0 bridgehead atoms. The predicted molar refractivity (Wildman–Crippen MR) is 117 cm³/mol. The fourth-order valence-corrected chi connectivity index (χ4v) is 3.11. The van der Waals surface area contributed by atoms with E-state index in [0.29, 0.717) is 5.95 Å². The highest BCUT2D eigenvalue weighted by Gasteiger charge is 2.09. The summed E-state index contributed by atoms with van der Waals surface area (Å²) in [6.45, 7) is 3.50. The third-order valence-electron chi connectivity index (χ3n) is 4.61. The van der Waals surface area contributed by atoms with E-state index in [-0.39, 0.29) is 0 Å². The van der Waals surface area contributed by atoms with Crippen molar-refractivity contribution in [1.29, 1.82) is 0 Å². The van der Waals surface area contributed by atoms with E-state index < -0.39 is 0 Å². The highest BCUT2D eigenvalue weighted by atomic mass is 16.5. The molecule has 0 spiro atoms. The minimum atomic E-state index is 0.711. The van der Waals surface area contributed by atoms with Crippen LogP contribution in [-0.2, 0) is 13.0 Å². The number of rotatable bonds is 9. The van der Waals surface area contributed by atoms with Crippen LogP contribution in [0.25, 0.3) is 0 Å². The average Bonchev–Trinajstić information content (AvgIpc) is 2.74. The number of aromatic nitrogens is 2. The Hall–Kier alpha value is -3.28. The number of hydrogen-bond acceptors (Lipinski definition) is 6. The standard InChI is InChI=1S/C23H28N4O2/c1-17-14-22(24-13-12-18-10-11-20(28-3)21(15-18)29-4)26-23(25-17)27(2)16-19-8-6-5-7-9-19/h5-11,14-15H,12-13,16H2,1-4H3,(H,24,25,26). The molecular formula is C23H28N4O2. The van der Waals surface area contributed by atoms with Gasteiger partial charge in [-0.2, -0.15) is 4.98 Å². The topological polar surface area (TPSA) is 59.5 Å². The fraction of sp³-hybridized carbons (Fsp3) is 0.304. The summed E-state index contributed by atoms with van der Waals surface area (Å²) in [7, 11) is 5.30. The van der Waals surface area contributed by atoms with Gasteiger partial charge in [0, 0.05) is 31.9 Å². The normalized spacial score (nSPS) is 10.5. The zero-order valence-electron chi connectivity index (χ0n) is 17.5. The van der Waals surface area contributed by atoms with Gasteiger partial charge in [-0.05, 0) is 36.6 Å². The van der Waals surface area contributed by atoms with Crippen LogP contribution in [0.3, 0.4) is 0 Å². The van der Waals surface area contributed by atoms with Gasteiger partial charge in [0.15, 0.2) is 11.5 Å². The number of aryl methyl sites for hydroxylation is 1. The van der Waals surface area contributed by atoms with Crippen molar-refractivity contribution in [2.24, 2.45) is 0 Å². The molecule has 2 aromatic carbocycles. The Morgan fingerprint density at radius 1 is 0.897 bits per heavy atom. The molecule has 3 aromatic rings. The molecule has 0 aliphatic rings. The quantitative estimate of drug-likeness (QED) is 0.592. The first-order valence-electron chi connectivity index (χ1n) is 9.64. The Balaban J connectivity index is 1.63. The molecule has 0 aliphatic heterocycles. The summed E-state index contributed by atoms with van der Waals surface area (Å²) in [6.07, 6.45) is 0.846. The highest BCUT2D eigenvalue weighted by Crippen LogP contribution is 2.27. The summed E-state index contributed by atoms with van der Waals surface area (Å²) in [5.74, 6) is 3.02. The lowest BCUT2D eigenvalue weighted by Crippen LogP contribution is -2.20. The van der Waals surface area contributed by atoms with Crippen molar-refractivity contribution in [3.63, 3.8) is 0 Å². The lowest BCUT2D eigenvalue weighted by molar-refractivity contribution is 0.354. The second kappa shape index (κ2) is 9.78. The Morgan fingerprint density at radius 2 is 1.66 bits per heavy atom. The molecule has 0 unspecified atom stereocenters. The van der Waals surface area contributed by atoms with Crippen molar-refractivity contribution in [3.05, 3.63) is 71.4 Å². The van der Waals surface area contributed by atoms with Crippen LogP contribution in [0.4, 0.5) is 11.8 Å². The van der Waals surface area contributed by atoms with Crippen LogP contribution in [0.15, 0.2) is 54.6 Å². The summed E-state index contributed by atoms with van der Waals surface area (Å²) in [6, 6.07) is 18.3. The van der Waals surface area contributed by atoms with Crippen LogP contribution in [0, 0.1) is 6.92 Å². The van der Waals surface area contributed by atoms with Gasteiger partial charge < -0.3 is 19.7 Å². The van der Waals surface area contributed by atoms with Gasteiger partial charge in [-0.1, -0.05) is 36.4 Å².